The van der Waals surface area contributed by atoms with Gasteiger partial charge >= 0.3 is 33.3 Å². The number of esters is 2. The van der Waals surface area contributed by atoms with Crippen molar-refractivity contribution in [3.05, 3.63) is 104 Å². The Morgan fingerprint density at radius 3 is 1.78 bits per heavy atom. The highest BCUT2D eigenvalue weighted by molar-refractivity contribution is 7.61. The van der Waals surface area contributed by atoms with Crippen molar-refractivity contribution in [1.82, 2.24) is 9.55 Å². The largest absolute Gasteiger partial charge is 0.484 e. The molecule has 18 heteroatoms. The van der Waals surface area contributed by atoms with E-state index in [9.17, 15) is 33.2 Å². The van der Waals surface area contributed by atoms with Crippen molar-refractivity contribution in [2.75, 3.05) is 6.61 Å². The van der Waals surface area contributed by atoms with Crippen LogP contribution in [0.1, 0.15) is 120 Å². The van der Waals surface area contributed by atoms with Gasteiger partial charge in [0.2, 0.25) is 0 Å². The fourth-order valence-electron chi connectivity index (χ4n) is 5.80. The number of carbonyl (C=O) groups is 2. The van der Waals surface area contributed by atoms with Crippen LogP contribution in [0.15, 0.2) is 76.5 Å². The number of aromatic amines is 1. The maximum absolute atomic E-state index is 13.9. The highest BCUT2D eigenvalue weighted by Crippen LogP contribution is 2.64. The lowest BCUT2D eigenvalue weighted by atomic mass is 10.1. The van der Waals surface area contributed by atoms with Gasteiger partial charge in [0.1, 0.15) is 17.6 Å². The topological polar surface area (TPSA) is 208 Å². The average Bonchev–Trinajstić information content (AvgIpc) is 3.68. The summed E-state index contributed by atoms with van der Waals surface area (Å²) in [5.74, 6) is -0.124. The SMILES string of the molecule is CCCCCCCCCCCC(=O)Oc1ccc(COP(=O)(OCc2ccc(OC(=O)CCCC)cc2)OP(=O)(O)OCC2C=C[C@H](n3cc(C)c(=O)[nH]c3=O)O2)cc1. The Morgan fingerprint density at radius 2 is 1.24 bits per heavy atom. The van der Waals surface area contributed by atoms with E-state index in [1.165, 1.54) is 69.5 Å². The third-order valence-corrected chi connectivity index (χ3v) is 12.1. The number of carbonyl (C=O) groups excluding carboxylic acids is 2. The third kappa shape index (κ3) is 17.3. The molecular formula is C41H56N2O14P2. The van der Waals surface area contributed by atoms with Crippen LogP contribution in [0, 0.1) is 6.92 Å². The van der Waals surface area contributed by atoms with Crippen molar-refractivity contribution in [2.24, 2.45) is 0 Å². The number of benzene rings is 2. The molecule has 1 aromatic heterocycles. The molecule has 0 saturated heterocycles. The summed E-state index contributed by atoms with van der Waals surface area (Å²) in [5, 5.41) is 0. The smallest absolute Gasteiger partial charge is 0.427 e. The molecule has 2 aromatic carbocycles. The van der Waals surface area contributed by atoms with Crippen molar-refractivity contribution in [3.8, 4) is 11.5 Å². The molecule has 1 aliphatic heterocycles. The van der Waals surface area contributed by atoms with Crippen molar-refractivity contribution >= 4 is 27.6 Å². The summed E-state index contributed by atoms with van der Waals surface area (Å²) in [6, 6.07) is 12.4. The minimum atomic E-state index is -5.16. The molecule has 0 amide bonds. The fraction of sp³-hybridized carbons (Fsp3) is 0.512. The quantitative estimate of drug-likeness (QED) is 0.0241. The number of hydrogen-bond acceptors (Lipinski definition) is 13. The number of ether oxygens (including phenoxy) is 3. The predicted octanol–water partition coefficient (Wildman–Crippen LogP) is 8.90. The van der Waals surface area contributed by atoms with Gasteiger partial charge in [0.25, 0.3) is 5.56 Å². The number of nitrogens with zero attached hydrogens (tertiary/aromatic N) is 1. The molecule has 2 heterocycles. The maximum Gasteiger partial charge on any atom is 0.484 e. The van der Waals surface area contributed by atoms with Gasteiger partial charge in [-0.05, 0) is 61.2 Å². The number of phosphoric ester groups is 2. The van der Waals surface area contributed by atoms with Gasteiger partial charge in [0.15, 0.2) is 6.23 Å². The second-order valence-corrected chi connectivity index (χ2v) is 17.4. The van der Waals surface area contributed by atoms with E-state index < -0.39 is 59.0 Å². The van der Waals surface area contributed by atoms with E-state index in [-0.39, 0.29) is 23.9 Å². The normalized spacial score (nSPS) is 17.0. The van der Waals surface area contributed by atoms with E-state index >= 15 is 0 Å². The molecule has 0 bridgehead atoms. The van der Waals surface area contributed by atoms with Gasteiger partial charge in [-0.15, -0.1) is 0 Å². The number of nitrogens with one attached hydrogen (secondary N) is 1. The van der Waals surface area contributed by atoms with Crippen LogP contribution < -0.4 is 20.7 Å². The molecule has 0 spiro atoms. The summed E-state index contributed by atoms with van der Waals surface area (Å²) in [4.78, 5) is 61.3. The van der Waals surface area contributed by atoms with E-state index in [0.717, 1.165) is 36.7 Å². The molecule has 0 aliphatic carbocycles. The summed E-state index contributed by atoms with van der Waals surface area (Å²) in [6.07, 6.45) is 14.7. The molecule has 324 valence electrons. The van der Waals surface area contributed by atoms with Crippen LogP contribution in [-0.2, 0) is 54.6 Å². The predicted molar refractivity (Wildman–Crippen MR) is 219 cm³/mol. The second kappa shape index (κ2) is 24.3. The molecule has 16 nitrogen and oxygen atoms in total. The number of aromatic nitrogens is 2. The van der Waals surface area contributed by atoms with E-state index in [1.54, 1.807) is 36.4 Å². The lowest BCUT2D eigenvalue weighted by molar-refractivity contribution is -0.135. The number of hydrogen-bond donors (Lipinski definition) is 2. The van der Waals surface area contributed by atoms with Crippen LogP contribution in [0.25, 0.3) is 0 Å². The summed E-state index contributed by atoms with van der Waals surface area (Å²) in [6.45, 7) is 4.31. The number of rotatable bonds is 27. The van der Waals surface area contributed by atoms with Crippen molar-refractivity contribution < 1.29 is 55.7 Å². The molecule has 4 rings (SSSR count). The zero-order valence-corrected chi connectivity index (χ0v) is 35.7. The van der Waals surface area contributed by atoms with Gasteiger partial charge in [0.05, 0.1) is 19.8 Å². The molecule has 3 aromatic rings. The summed E-state index contributed by atoms with van der Waals surface area (Å²) in [7, 11) is -10.0. The molecule has 3 unspecified atom stereocenters. The van der Waals surface area contributed by atoms with Crippen LogP contribution in [0.2, 0.25) is 0 Å². The minimum absolute atomic E-state index is 0.270. The molecular weight excluding hydrogens is 806 g/mol. The van der Waals surface area contributed by atoms with Gasteiger partial charge in [-0.2, -0.15) is 4.31 Å². The Bertz CT molecular complexity index is 2030. The number of phosphoric acid groups is 2. The van der Waals surface area contributed by atoms with Crippen LogP contribution in [-0.4, -0.2) is 39.1 Å². The average molecular weight is 863 g/mol. The van der Waals surface area contributed by atoms with E-state index in [1.807, 2.05) is 6.92 Å². The van der Waals surface area contributed by atoms with Crippen LogP contribution >= 0.6 is 15.6 Å². The second-order valence-electron chi connectivity index (χ2n) is 14.2. The van der Waals surface area contributed by atoms with Crippen molar-refractivity contribution in [2.45, 2.75) is 130 Å². The lowest BCUT2D eigenvalue weighted by Gasteiger charge is -2.22. The Kier molecular flexibility index (Phi) is 19.7. The van der Waals surface area contributed by atoms with Crippen molar-refractivity contribution in [1.29, 1.82) is 0 Å². The first-order chi connectivity index (χ1) is 28.3. The molecule has 0 radical (unpaired) electrons. The highest BCUT2D eigenvalue weighted by atomic mass is 31.3. The highest BCUT2D eigenvalue weighted by Gasteiger charge is 2.39. The Hall–Kier alpha value is -3.98. The number of H-pyrrole nitrogens is 1. The minimum Gasteiger partial charge on any atom is -0.427 e. The maximum atomic E-state index is 13.9. The Labute approximate surface area is 344 Å². The van der Waals surface area contributed by atoms with Gasteiger partial charge < -0.3 is 19.1 Å². The Balaban J connectivity index is 1.33. The molecule has 0 fully saturated rings. The first kappa shape index (κ1) is 47.7. The first-order valence-corrected chi connectivity index (χ1v) is 23.1. The van der Waals surface area contributed by atoms with E-state index in [4.69, 9.17) is 32.1 Å². The molecule has 1 aliphatic rings. The van der Waals surface area contributed by atoms with Crippen molar-refractivity contribution in [3.63, 3.8) is 0 Å². The zero-order valence-electron chi connectivity index (χ0n) is 33.9. The lowest BCUT2D eigenvalue weighted by Crippen LogP contribution is -2.33. The van der Waals surface area contributed by atoms with Crippen LogP contribution in [0.4, 0.5) is 0 Å². The molecule has 2 N–H and O–H groups in total. The summed E-state index contributed by atoms with van der Waals surface area (Å²) in [5.41, 5.74) is -0.103. The van der Waals surface area contributed by atoms with Gasteiger partial charge in [-0.3, -0.25) is 37.5 Å². The third-order valence-electron chi connectivity index (χ3n) is 9.14. The molecule has 0 saturated carbocycles. The van der Waals surface area contributed by atoms with E-state index in [2.05, 4.69) is 11.9 Å². The number of unbranched alkanes of at least 4 members (excludes halogenated alkanes) is 9. The summed E-state index contributed by atoms with van der Waals surface area (Å²) < 4.78 is 65.9. The standard InChI is InChI=1S/C41H56N2O14P2/c1-4-6-8-9-10-11-12-13-14-16-39(45)56-35-23-19-33(20-24-35)29-53-59(50,52-28-32-17-21-34(22-18-32)55-38(44)15-7-5-2)57-58(48,49)51-30-36-25-26-37(54-36)43-27-31(3)40(46)42-41(43)47/h17-27,36-37H,4-16,28-30H2,1-3H3,(H,48,49)(H,42,46,47)/t36?,37-,59?/m1/s1. The van der Waals surface area contributed by atoms with Gasteiger partial charge in [0, 0.05) is 24.6 Å². The molecule has 59 heavy (non-hydrogen) atoms. The molecule has 4 atom stereocenters. The van der Waals surface area contributed by atoms with Gasteiger partial charge in [-0.25, -0.2) is 13.9 Å². The fourth-order valence-corrected chi connectivity index (χ4v) is 8.40. The van der Waals surface area contributed by atoms with Gasteiger partial charge in [-0.1, -0.05) is 102 Å². The number of aryl methyl sites for hydroxylation is 1. The summed E-state index contributed by atoms with van der Waals surface area (Å²) >= 11 is 0. The van der Waals surface area contributed by atoms with Crippen LogP contribution in [0.3, 0.4) is 0 Å². The zero-order chi connectivity index (χ0) is 42.7. The monoisotopic (exact) mass is 862 g/mol. The Morgan fingerprint density at radius 1 is 0.729 bits per heavy atom. The first-order valence-electron chi connectivity index (χ1n) is 20.1. The van der Waals surface area contributed by atoms with E-state index in [0.29, 0.717) is 35.5 Å². The van der Waals surface area contributed by atoms with Crippen LogP contribution in [0.5, 0.6) is 11.5 Å².